The number of pyridine rings is 1. The molecule has 3 aliphatic rings. The molecule has 3 aliphatic heterocycles. The number of benzene rings is 1. The summed E-state index contributed by atoms with van der Waals surface area (Å²) in [4.78, 5) is 39.8. The molecule has 49 heavy (non-hydrogen) atoms. The lowest BCUT2D eigenvalue weighted by atomic mass is 9.98. The number of rotatable bonds is 11. The summed E-state index contributed by atoms with van der Waals surface area (Å²) in [5, 5.41) is 18.0. The molecule has 1 atom stereocenters. The second-order valence-corrected chi connectivity index (χ2v) is 13.5. The zero-order valence-electron chi connectivity index (χ0n) is 28.3. The number of nitrogens with zero attached hydrogens (tertiary/aromatic N) is 4. The Labute approximate surface area is 286 Å². The van der Waals surface area contributed by atoms with Crippen molar-refractivity contribution in [3.8, 4) is 11.3 Å². The van der Waals surface area contributed by atoms with Crippen LogP contribution in [0.4, 0.5) is 15.9 Å². The molecular formula is C36H46FN9O3. The molecule has 0 radical (unpaired) electrons. The second kappa shape index (κ2) is 14.9. The Morgan fingerprint density at radius 2 is 1.88 bits per heavy atom. The van der Waals surface area contributed by atoms with Crippen LogP contribution in [0.5, 0.6) is 0 Å². The van der Waals surface area contributed by atoms with Crippen LogP contribution in [0.25, 0.3) is 11.3 Å². The monoisotopic (exact) mass is 671 g/mol. The van der Waals surface area contributed by atoms with E-state index in [0.29, 0.717) is 81.8 Å². The first-order chi connectivity index (χ1) is 23.6. The highest BCUT2D eigenvalue weighted by atomic mass is 19.1. The molecule has 13 heteroatoms. The maximum absolute atomic E-state index is 13.8. The van der Waals surface area contributed by atoms with Gasteiger partial charge in [0, 0.05) is 82.1 Å². The highest BCUT2D eigenvalue weighted by Crippen LogP contribution is 2.28. The lowest BCUT2D eigenvalue weighted by Gasteiger charge is -2.42. The van der Waals surface area contributed by atoms with E-state index >= 15 is 0 Å². The molecule has 2 aromatic heterocycles. The number of carbonyl (C=O) groups is 2. The molecule has 5 N–H and O–H groups in total. The van der Waals surface area contributed by atoms with Gasteiger partial charge in [-0.3, -0.25) is 29.8 Å². The van der Waals surface area contributed by atoms with E-state index in [-0.39, 0.29) is 17.9 Å². The van der Waals surface area contributed by atoms with Crippen LogP contribution in [-0.4, -0.2) is 120 Å². The molecule has 0 spiro atoms. The molecule has 3 fully saturated rings. The van der Waals surface area contributed by atoms with Gasteiger partial charge in [0.25, 0.3) is 5.91 Å². The summed E-state index contributed by atoms with van der Waals surface area (Å²) in [6.07, 6.45) is 3.47. The van der Waals surface area contributed by atoms with E-state index in [1.165, 1.54) is 0 Å². The average molecular weight is 672 g/mol. The fraction of sp³-hybridized carbons (Fsp3) is 0.444. The Hall–Kier alpha value is -4.59. The van der Waals surface area contributed by atoms with Crippen LogP contribution in [0, 0.1) is 5.41 Å². The van der Waals surface area contributed by atoms with E-state index in [2.05, 4.69) is 37.4 Å². The van der Waals surface area contributed by atoms with E-state index in [9.17, 15) is 14.0 Å². The van der Waals surface area contributed by atoms with Gasteiger partial charge in [0.05, 0.1) is 18.8 Å². The van der Waals surface area contributed by atoms with Crippen LogP contribution in [0.1, 0.15) is 41.4 Å². The SMILES string of the molecule is C=C(CN1CC(C)(F)C1)C(=O)NC1CCCN(Cc2ccnc(C(=O)Nc3ccc(-c4cc(C(=N)N5CCOCC5)c(NC)[nH]4)cc3)c2)C1. The van der Waals surface area contributed by atoms with Crippen molar-refractivity contribution in [3.63, 3.8) is 0 Å². The van der Waals surface area contributed by atoms with Gasteiger partial charge >= 0.3 is 0 Å². The minimum atomic E-state index is -1.18. The predicted molar refractivity (Wildman–Crippen MR) is 189 cm³/mol. The minimum Gasteiger partial charge on any atom is -0.378 e. The third-order valence-electron chi connectivity index (χ3n) is 9.25. The number of alkyl halides is 1. The number of halogens is 1. The van der Waals surface area contributed by atoms with Crippen molar-refractivity contribution in [3.05, 3.63) is 77.6 Å². The highest BCUT2D eigenvalue weighted by molar-refractivity contribution is 6.03. The first-order valence-corrected chi connectivity index (χ1v) is 16.9. The van der Waals surface area contributed by atoms with Crippen LogP contribution in [-0.2, 0) is 16.1 Å². The topological polar surface area (TPSA) is 142 Å². The number of morpholine rings is 1. The molecule has 0 bridgehead atoms. The Bertz CT molecular complexity index is 1670. The fourth-order valence-electron chi connectivity index (χ4n) is 6.78. The van der Waals surface area contributed by atoms with Crippen LogP contribution in [0.2, 0.25) is 0 Å². The van der Waals surface area contributed by atoms with Gasteiger partial charge in [-0.1, -0.05) is 18.7 Å². The summed E-state index contributed by atoms with van der Waals surface area (Å²) in [7, 11) is 1.83. The van der Waals surface area contributed by atoms with Gasteiger partial charge in [0.2, 0.25) is 5.91 Å². The summed E-state index contributed by atoms with van der Waals surface area (Å²) in [5.74, 6) is 0.746. The van der Waals surface area contributed by atoms with Crippen LogP contribution in [0.3, 0.4) is 0 Å². The summed E-state index contributed by atoms with van der Waals surface area (Å²) in [5.41, 5.74) is 3.80. The molecule has 5 heterocycles. The number of ether oxygens (including phenoxy) is 1. The van der Waals surface area contributed by atoms with E-state index in [4.69, 9.17) is 10.1 Å². The van der Waals surface area contributed by atoms with Gasteiger partial charge in [-0.15, -0.1) is 0 Å². The Kier molecular flexibility index (Phi) is 10.4. The molecule has 0 saturated carbocycles. The molecule has 3 aromatic rings. The molecule has 12 nitrogen and oxygen atoms in total. The van der Waals surface area contributed by atoms with Crippen molar-refractivity contribution in [1.29, 1.82) is 5.41 Å². The maximum atomic E-state index is 13.8. The maximum Gasteiger partial charge on any atom is 0.274 e. The number of hydrogen-bond acceptors (Lipinski definition) is 8. The molecule has 1 aromatic carbocycles. The first-order valence-electron chi connectivity index (χ1n) is 16.9. The lowest BCUT2D eigenvalue weighted by molar-refractivity contribution is -0.119. The second-order valence-electron chi connectivity index (χ2n) is 13.5. The summed E-state index contributed by atoms with van der Waals surface area (Å²) in [6, 6.07) is 13.2. The van der Waals surface area contributed by atoms with E-state index < -0.39 is 5.67 Å². The molecule has 6 rings (SSSR count). The molecular weight excluding hydrogens is 625 g/mol. The molecule has 3 saturated heterocycles. The molecule has 260 valence electrons. The number of H-pyrrole nitrogens is 1. The predicted octanol–water partition coefficient (Wildman–Crippen LogP) is 3.71. The Balaban J connectivity index is 1.01. The third-order valence-corrected chi connectivity index (χ3v) is 9.25. The highest BCUT2D eigenvalue weighted by Gasteiger charge is 2.39. The molecule has 2 amide bonds. The van der Waals surface area contributed by atoms with Crippen molar-refractivity contribution in [2.75, 3.05) is 76.7 Å². The number of carbonyl (C=O) groups excluding carboxylic acids is 2. The van der Waals surface area contributed by atoms with Crippen molar-refractivity contribution in [2.45, 2.75) is 38.0 Å². The largest absolute Gasteiger partial charge is 0.378 e. The van der Waals surface area contributed by atoms with Crippen LogP contribution >= 0.6 is 0 Å². The van der Waals surface area contributed by atoms with Gasteiger partial charge in [0.1, 0.15) is 23.0 Å². The van der Waals surface area contributed by atoms with Gasteiger partial charge in [-0.05, 0) is 67.8 Å². The van der Waals surface area contributed by atoms with E-state index in [0.717, 1.165) is 47.6 Å². The number of aromatic amines is 1. The van der Waals surface area contributed by atoms with Crippen molar-refractivity contribution >= 4 is 29.2 Å². The summed E-state index contributed by atoms with van der Waals surface area (Å²) < 4.78 is 19.2. The number of hydrogen-bond donors (Lipinski definition) is 5. The van der Waals surface area contributed by atoms with Crippen LogP contribution < -0.4 is 16.0 Å². The normalized spacial score (nSPS) is 19.5. The quantitative estimate of drug-likeness (QED) is 0.118. The summed E-state index contributed by atoms with van der Waals surface area (Å²) >= 11 is 0. The molecule has 0 aliphatic carbocycles. The number of amides is 2. The number of likely N-dealkylation sites (tertiary alicyclic amines) is 2. The average Bonchev–Trinajstić information content (AvgIpc) is 3.53. The summed E-state index contributed by atoms with van der Waals surface area (Å²) in [6.45, 7) is 11.3. The minimum absolute atomic E-state index is 0.00674. The number of anilines is 2. The van der Waals surface area contributed by atoms with Crippen molar-refractivity contribution < 1.29 is 18.7 Å². The molecule has 1 unspecified atom stereocenters. The van der Waals surface area contributed by atoms with E-state index in [1.54, 1.807) is 13.1 Å². The Morgan fingerprint density at radius 1 is 1.12 bits per heavy atom. The van der Waals surface area contributed by atoms with Gasteiger partial charge in [0.15, 0.2) is 0 Å². The first kappa shape index (κ1) is 34.3. The lowest BCUT2D eigenvalue weighted by Crippen LogP contribution is -2.58. The van der Waals surface area contributed by atoms with E-state index in [1.807, 2.05) is 59.3 Å². The smallest absolute Gasteiger partial charge is 0.274 e. The van der Waals surface area contributed by atoms with Crippen LogP contribution in [0.15, 0.2) is 60.8 Å². The van der Waals surface area contributed by atoms with Gasteiger partial charge in [-0.2, -0.15) is 0 Å². The number of piperidine rings is 1. The van der Waals surface area contributed by atoms with Crippen molar-refractivity contribution in [2.24, 2.45) is 0 Å². The Morgan fingerprint density at radius 3 is 2.59 bits per heavy atom. The van der Waals surface area contributed by atoms with Gasteiger partial charge < -0.3 is 30.6 Å². The standard InChI is InChI=1S/C36H46FN9O3/c1-24(19-45-22-36(2,37)23-45)34(47)42-28-5-4-12-44(21-28)20-25-10-11-40-31(17-25)35(48)41-27-8-6-26(7-9-27)30-18-29(33(39-3)43-30)32(38)46-13-15-49-16-14-46/h6-11,17-18,28,38-39,43H,1,4-5,12-16,19-23H2,2-3H3,(H,41,48)(H,42,47). The van der Waals surface area contributed by atoms with Crippen molar-refractivity contribution in [1.82, 2.24) is 30.0 Å². The fourth-order valence-corrected chi connectivity index (χ4v) is 6.78. The number of nitrogens with one attached hydrogen (secondary N) is 5. The zero-order valence-corrected chi connectivity index (χ0v) is 28.3. The van der Waals surface area contributed by atoms with Gasteiger partial charge in [-0.25, -0.2) is 4.39 Å². The number of aromatic nitrogens is 2. The zero-order chi connectivity index (χ0) is 34.5. The number of amidine groups is 1. The third kappa shape index (κ3) is 8.53.